The number of nitrogens with zero attached hydrogens (tertiary/aromatic N) is 2. The average Bonchev–Trinajstić information content (AvgIpc) is 3.09. The number of aryl methyl sites for hydroxylation is 2. The molecule has 0 amide bonds. The molecule has 136 valence electrons. The number of rotatable bonds is 8. The first kappa shape index (κ1) is 18.7. The zero-order chi connectivity index (χ0) is 18.4. The van der Waals surface area contributed by atoms with Crippen LogP contribution in [0.2, 0.25) is 0 Å². The molecule has 0 fully saturated rings. The van der Waals surface area contributed by atoms with Gasteiger partial charge < -0.3 is 15.2 Å². The number of anilines is 2. The van der Waals surface area contributed by atoms with Crippen molar-refractivity contribution in [3.8, 4) is 5.75 Å². The molecule has 5 nitrogen and oxygen atoms in total. The van der Waals surface area contributed by atoms with Crippen molar-refractivity contribution in [2.24, 2.45) is 0 Å². The van der Waals surface area contributed by atoms with Crippen molar-refractivity contribution in [3.63, 3.8) is 0 Å². The molecule has 1 atom stereocenters. The summed E-state index contributed by atoms with van der Waals surface area (Å²) in [6, 6.07) is 15.8. The maximum atomic E-state index is 10.1. The third-order valence-electron chi connectivity index (χ3n) is 3.66. The highest BCUT2D eigenvalue weighted by Gasteiger charge is 2.11. The lowest BCUT2D eigenvalue weighted by Crippen LogP contribution is -2.20. The fraction of sp³-hybridized carbons (Fsp3) is 0.263. The van der Waals surface area contributed by atoms with Gasteiger partial charge in [0.15, 0.2) is 4.34 Å². The van der Waals surface area contributed by atoms with Gasteiger partial charge in [-0.3, -0.25) is 0 Å². The molecule has 1 aromatic heterocycles. The van der Waals surface area contributed by atoms with Crippen LogP contribution in [-0.2, 0) is 0 Å². The maximum Gasteiger partial charge on any atom is 0.210 e. The summed E-state index contributed by atoms with van der Waals surface area (Å²) in [5.74, 6) is 1.27. The predicted molar refractivity (Wildman–Crippen MR) is 108 cm³/mol. The van der Waals surface area contributed by atoms with E-state index in [0.29, 0.717) is 5.75 Å². The van der Waals surface area contributed by atoms with Gasteiger partial charge in [-0.05, 0) is 37.6 Å². The second kappa shape index (κ2) is 9.02. The van der Waals surface area contributed by atoms with Crippen LogP contribution in [0.5, 0.6) is 5.75 Å². The summed E-state index contributed by atoms with van der Waals surface area (Å²) in [5.41, 5.74) is 3.35. The van der Waals surface area contributed by atoms with Gasteiger partial charge in [0, 0.05) is 11.4 Å². The summed E-state index contributed by atoms with van der Waals surface area (Å²) in [5, 5.41) is 22.4. The summed E-state index contributed by atoms with van der Waals surface area (Å²) < 4.78 is 6.42. The monoisotopic (exact) mass is 387 g/mol. The number of thioether (sulfide) groups is 1. The number of ether oxygens (including phenoxy) is 1. The minimum atomic E-state index is -0.571. The Kier molecular flexibility index (Phi) is 6.49. The SMILES string of the molecule is Cc1ccc(OC[C@H](O)CSc2nnc(Nc3ccccc3C)s2)cc1. The van der Waals surface area contributed by atoms with Gasteiger partial charge in [0.1, 0.15) is 12.4 Å². The number of benzene rings is 2. The normalized spacial score (nSPS) is 12.0. The Morgan fingerprint density at radius 1 is 1.12 bits per heavy atom. The van der Waals surface area contributed by atoms with Crippen LogP contribution in [0, 0.1) is 13.8 Å². The third-order valence-corrected chi connectivity index (χ3v) is 5.77. The first-order valence-corrected chi connectivity index (χ1v) is 10.1. The first-order valence-electron chi connectivity index (χ1n) is 8.26. The number of aliphatic hydroxyl groups is 1. The minimum Gasteiger partial charge on any atom is -0.491 e. The van der Waals surface area contributed by atoms with Crippen LogP contribution in [0.25, 0.3) is 0 Å². The highest BCUT2D eigenvalue weighted by atomic mass is 32.2. The topological polar surface area (TPSA) is 67.3 Å². The summed E-state index contributed by atoms with van der Waals surface area (Å²) in [6.45, 7) is 4.33. The zero-order valence-electron chi connectivity index (χ0n) is 14.7. The molecule has 1 heterocycles. The molecule has 0 unspecified atom stereocenters. The molecule has 0 spiro atoms. The Bertz CT molecular complexity index is 837. The summed E-state index contributed by atoms with van der Waals surface area (Å²) in [6.07, 6.45) is -0.571. The van der Waals surface area contributed by atoms with Crippen molar-refractivity contribution in [1.82, 2.24) is 10.2 Å². The van der Waals surface area contributed by atoms with E-state index in [9.17, 15) is 5.11 Å². The molecule has 0 saturated carbocycles. The maximum absolute atomic E-state index is 10.1. The van der Waals surface area contributed by atoms with Crippen molar-refractivity contribution in [1.29, 1.82) is 0 Å². The molecule has 2 aromatic carbocycles. The van der Waals surface area contributed by atoms with Crippen LogP contribution in [0.1, 0.15) is 11.1 Å². The van der Waals surface area contributed by atoms with E-state index in [2.05, 4.69) is 15.5 Å². The Morgan fingerprint density at radius 2 is 1.88 bits per heavy atom. The van der Waals surface area contributed by atoms with Gasteiger partial charge in [0.25, 0.3) is 0 Å². The highest BCUT2D eigenvalue weighted by molar-refractivity contribution is 8.01. The Labute approximate surface area is 161 Å². The van der Waals surface area contributed by atoms with Crippen molar-refractivity contribution in [2.45, 2.75) is 24.3 Å². The van der Waals surface area contributed by atoms with Crippen LogP contribution < -0.4 is 10.1 Å². The van der Waals surface area contributed by atoms with Crippen LogP contribution in [0.3, 0.4) is 0 Å². The zero-order valence-corrected chi connectivity index (χ0v) is 16.3. The lowest BCUT2D eigenvalue weighted by atomic mass is 10.2. The van der Waals surface area contributed by atoms with Crippen LogP contribution in [0.4, 0.5) is 10.8 Å². The molecule has 0 radical (unpaired) electrons. The Balaban J connectivity index is 1.45. The van der Waals surface area contributed by atoms with Gasteiger partial charge >= 0.3 is 0 Å². The van der Waals surface area contributed by atoms with Gasteiger partial charge in [-0.1, -0.05) is 59.0 Å². The largest absolute Gasteiger partial charge is 0.491 e. The van der Waals surface area contributed by atoms with E-state index in [1.165, 1.54) is 28.7 Å². The van der Waals surface area contributed by atoms with E-state index in [1.807, 2.05) is 62.4 Å². The second-order valence-electron chi connectivity index (χ2n) is 5.90. The smallest absolute Gasteiger partial charge is 0.210 e. The molecule has 3 rings (SSSR count). The molecule has 0 bridgehead atoms. The molecule has 2 N–H and O–H groups in total. The van der Waals surface area contributed by atoms with Crippen LogP contribution in [-0.4, -0.2) is 33.8 Å². The molecular formula is C19H21N3O2S2. The lowest BCUT2D eigenvalue weighted by molar-refractivity contribution is 0.126. The molecule has 26 heavy (non-hydrogen) atoms. The van der Waals surface area contributed by atoms with Crippen molar-refractivity contribution >= 4 is 33.9 Å². The summed E-state index contributed by atoms with van der Waals surface area (Å²) >= 11 is 2.95. The lowest BCUT2D eigenvalue weighted by Gasteiger charge is -2.11. The van der Waals surface area contributed by atoms with Gasteiger partial charge in [0.05, 0.1) is 6.10 Å². The van der Waals surface area contributed by atoms with Crippen molar-refractivity contribution in [3.05, 3.63) is 59.7 Å². The minimum absolute atomic E-state index is 0.253. The van der Waals surface area contributed by atoms with Gasteiger partial charge in [-0.25, -0.2) is 0 Å². The molecule has 0 aliphatic rings. The fourth-order valence-electron chi connectivity index (χ4n) is 2.19. The molecule has 0 saturated heterocycles. The molecule has 0 aliphatic heterocycles. The standard InChI is InChI=1S/C19H21N3O2S2/c1-13-7-9-16(10-8-13)24-11-15(23)12-25-19-22-21-18(26-19)20-17-6-4-3-5-14(17)2/h3-10,15,23H,11-12H2,1-2H3,(H,20,21)/t15-/m0/s1. The molecule has 7 heteroatoms. The van der Waals surface area contributed by atoms with E-state index in [0.717, 1.165) is 26.5 Å². The van der Waals surface area contributed by atoms with E-state index in [4.69, 9.17) is 4.74 Å². The van der Waals surface area contributed by atoms with Crippen molar-refractivity contribution in [2.75, 3.05) is 17.7 Å². The van der Waals surface area contributed by atoms with Gasteiger partial charge in [-0.2, -0.15) is 0 Å². The van der Waals surface area contributed by atoms with E-state index < -0.39 is 6.10 Å². The number of hydrogen-bond donors (Lipinski definition) is 2. The number of para-hydroxylation sites is 1. The molecular weight excluding hydrogens is 366 g/mol. The molecule has 0 aliphatic carbocycles. The first-order chi connectivity index (χ1) is 12.6. The number of nitrogens with one attached hydrogen (secondary N) is 1. The summed E-state index contributed by atoms with van der Waals surface area (Å²) in [4.78, 5) is 0. The third kappa shape index (κ3) is 5.45. The van der Waals surface area contributed by atoms with E-state index in [1.54, 1.807) is 0 Å². The molecule has 3 aromatic rings. The second-order valence-corrected chi connectivity index (χ2v) is 8.15. The van der Waals surface area contributed by atoms with Gasteiger partial charge in [0.2, 0.25) is 5.13 Å². The quantitative estimate of drug-likeness (QED) is 0.557. The average molecular weight is 388 g/mol. The van der Waals surface area contributed by atoms with Crippen LogP contribution in [0.15, 0.2) is 52.9 Å². The van der Waals surface area contributed by atoms with Crippen LogP contribution >= 0.6 is 23.1 Å². The number of aliphatic hydroxyl groups excluding tert-OH is 1. The van der Waals surface area contributed by atoms with E-state index in [-0.39, 0.29) is 6.61 Å². The van der Waals surface area contributed by atoms with Gasteiger partial charge in [-0.15, -0.1) is 10.2 Å². The Morgan fingerprint density at radius 3 is 2.65 bits per heavy atom. The number of hydrogen-bond acceptors (Lipinski definition) is 7. The predicted octanol–water partition coefficient (Wildman–Crippen LogP) is 4.43. The highest BCUT2D eigenvalue weighted by Crippen LogP contribution is 2.29. The van der Waals surface area contributed by atoms with E-state index >= 15 is 0 Å². The fourth-order valence-corrected chi connectivity index (χ4v) is 3.89. The number of aromatic nitrogens is 2. The summed E-state index contributed by atoms with van der Waals surface area (Å²) in [7, 11) is 0. The Hall–Kier alpha value is -2.09. The van der Waals surface area contributed by atoms with Crippen molar-refractivity contribution < 1.29 is 9.84 Å².